The zero-order valence-electron chi connectivity index (χ0n) is 18.9. The number of amides is 4. The van der Waals surface area contributed by atoms with Crippen molar-refractivity contribution < 1.29 is 27.5 Å². The van der Waals surface area contributed by atoms with Gasteiger partial charge in [-0.1, -0.05) is 32.0 Å². The number of nitrogens with zero attached hydrogens (tertiary/aromatic N) is 2. The molecule has 0 aliphatic carbocycles. The lowest BCUT2D eigenvalue weighted by atomic mass is 9.84. The summed E-state index contributed by atoms with van der Waals surface area (Å²) in [7, 11) is -3.62. The third-order valence-electron chi connectivity index (χ3n) is 6.04. The molecular weight excluding hydrogens is 460 g/mol. The van der Waals surface area contributed by atoms with Crippen molar-refractivity contribution in [1.82, 2.24) is 14.5 Å². The summed E-state index contributed by atoms with van der Waals surface area (Å²) in [5.74, 6) is -0.572. The van der Waals surface area contributed by atoms with Gasteiger partial charge in [0.05, 0.1) is 11.5 Å². The second-order valence-electron chi connectivity index (χ2n) is 7.98. The van der Waals surface area contributed by atoms with Crippen LogP contribution in [0.25, 0.3) is 0 Å². The Kier molecular flexibility index (Phi) is 6.32. The van der Waals surface area contributed by atoms with Gasteiger partial charge in [-0.15, -0.1) is 0 Å². The number of imide groups is 1. The highest BCUT2D eigenvalue weighted by molar-refractivity contribution is 7.89. The first-order valence-corrected chi connectivity index (χ1v) is 12.4. The Bertz CT molecular complexity index is 1230. The van der Waals surface area contributed by atoms with Crippen molar-refractivity contribution in [3.8, 4) is 5.75 Å². The van der Waals surface area contributed by atoms with Crippen LogP contribution >= 0.6 is 0 Å². The Labute approximate surface area is 197 Å². The number of sulfonamides is 1. The summed E-state index contributed by atoms with van der Waals surface area (Å²) in [5.41, 5.74) is -0.346. The highest BCUT2D eigenvalue weighted by atomic mass is 32.2. The molecule has 0 bridgehead atoms. The number of urea groups is 1. The van der Waals surface area contributed by atoms with Crippen molar-refractivity contribution in [2.24, 2.45) is 0 Å². The van der Waals surface area contributed by atoms with E-state index >= 15 is 0 Å². The van der Waals surface area contributed by atoms with Gasteiger partial charge in [-0.25, -0.2) is 13.2 Å². The number of hydrogen-bond donors (Lipinski definition) is 2. The predicted molar refractivity (Wildman–Crippen MR) is 124 cm³/mol. The number of fused-ring (bicyclic) bond motifs is 2. The maximum absolute atomic E-state index is 13.3. The standard InChI is InChI=1S/C23H26N4O6S/c1-3-26(4-2)34(31,32)17-11-9-16(10-12-17)24-20(28)15-27-21(29)23(25-22(27)30)13-14-33-19-8-6-5-7-18(19)23/h5-12H,3-4,13-15H2,1-2H3,(H,24,28)(H,25,30)/t23-/m1/s1. The number of carbonyl (C=O) groups excluding carboxylic acids is 3. The van der Waals surface area contributed by atoms with Crippen LogP contribution in [0.5, 0.6) is 5.75 Å². The van der Waals surface area contributed by atoms with Crippen LogP contribution < -0.4 is 15.4 Å². The Hall–Kier alpha value is -3.44. The second kappa shape index (κ2) is 9.07. The van der Waals surface area contributed by atoms with Crippen LogP contribution in [0, 0.1) is 0 Å². The summed E-state index contributed by atoms with van der Waals surface area (Å²) in [5, 5.41) is 5.36. The average Bonchev–Trinajstić information content (AvgIpc) is 3.05. The normalized spacial score (nSPS) is 19.7. The van der Waals surface area contributed by atoms with E-state index in [-0.39, 0.29) is 17.9 Å². The van der Waals surface area contributed by atoms with Gasteiger partial charge in [0.1, 0.15) is 12.3 Å². The van der Waals surface area contributed by atoms with E-state index in [2.05, 4.69) is 10.6 Å². The number of para-hydroxylation sites is 1. The van der Waals surface area contributed by atoms with Gasteiger partial charge in [0, 0.05) is 30.8 Å². The molecule has 4 rings (SSSR count). The van der Waals surface area contributed by atoms with E-state index in [0.29, 0.717) is 30.1 Å². The van der Waals surface area contributed by atoms with Gasteiger partial charge in [-0.05, 0) is 30.3 Å². The van der Waals surface area contributed by atoms with E-state index < -0.39 is 40.0 Å². The number of hydrogen-bond acceptors (Lipinski definition) is 6. The van der Waals surface area contributed by atoms with E-state index in [1.165, 1.54) is 28.6 Å². The summed E-state index contributed by atoms with van der Waals surface area (Å²) in [6.07, 6.45) is 0.259. The van der Waals surface area contributed by atoms with Crippen molar-refractivity contribution in [1.29, 1.82) is 0 Å². The molecule has 1 spiro atoms. The summed E-state index contributed by atoms with van der Waals surface area (Å²) in [4.78, 5) is 39.5. The monoisotopic (exact) mass is 486 g/mol. The molecule has 0 unspecified atom stereocenters. The molecule has 10 nitrogen and oxygen atoms in total. The molecule has 1 fully saturated rings. The van der Waals surface area contributed by atoms with Crippen molar-refractivity contribution >= 4 is 33.6 Å². The molecule has 0 aromatic heterocycles. The fraction of sp³-hybridized carbons (Fsp3) is 0.348. The molecule has 34 heavy (non-hydrogen) atoms. The average molecular weight is 487 g/mol. The SMILES string of the molecule is CCN(CC)S(=O)(=O)c1ccc(NC(=O)CN2C(=O)N[C@@]3(CCOc4ccccc43)C2=O)cc1. The molecule has 2 aliphatic rings. The van der Waals surface area contributed by atoms with Crippen LogP contribution in [0.1, 0.15) is 25.8 Å². The molecule has 180 valence electrons. The molecule has 0 saturated carbocycles. The van der Waals surface area contributed by atoms with Crippen LogP contribution in [-0.2, 0) is 25.2 Å². The molecule has 11 heteroatoms. The maximum Gasteiger partial charge on any atom is 0.325 e. The first kappa shape index (κ1) is 23.7. The molecule has 2 aliphatic heterocycles. The number of anilines is 1. The number of rotatable bonds is 7. The zero-order valence-corrected chi connectivity index (χ0v) is 19.7. The van der Waals surface area contributed by atoms with Crippen molar-refractivity contribution in [2.45, 2.75) is 30.7 Å². The number of benzene rings is 2. The maximum atomic E-state index is 13.3. The van der Waals surface area contributed by atoms with Crippen LogP contribution in [0.4, 0.5) is 10.5 Å². The highest BCUT2D eigenvalue weighted by Gasteiger charge is 2.55. The summed E-state index contributed by atoms with van der Waals surface area (Å²) in [6.45, 7) is 3.99. The van der Waals surface area contributed by atoms with Crippen molar-refractivity contribution in [2.75, 3.05) is 31.6 Å². The number of ether oxygens (including phenoxy) is 1. The second-order valence-corrected chi connectivity index (χ2v) is 9.92. The number of nitrogens with one attached hydrogen (secondary N) is 2. The van der Waals surface area contributed by atoms with Gasteiger partial charge < -0.3 is 15.4 Å². The van der Waals surface area contributed by atoms with Crippen LogP contribution in [0.3, 0.4) is 0 Å². The third-order valence-corrected chi connectivity index (χ3v) is 8.10. The Morgan fingerprint density at radius 1 is 1.12 bits per heavy atom. The lowest BCUT2D eigenvalue weighted by molar-refractivity contribution is -0.135. The Balaban J connectivity index is 1.46. The molecule has 1 atom stereocenters. The summed E-state index contributed by atoms with van der Waals surface area (Å²) < 4.78 is 32.2. The minimum Gasteiger partial charge on any atom is -0.493 e. The molecule has 1 saturated heterocycles. The highest BCUT2D eigenvalue weighted by Crippen LogP contribution is 2.40. The molecule has 2 aromatic rings. The largest absolute Gasteiger partial charge is 0.493 e. The minimum atomic E-state index is -3.62. The van der Waals surface area contributed by atoms with Gasteiger partial charge >= 0.3 is 6.03 Å². The van der Waals surface area contributed by atoms with Gasteiger partial charge in [-0.2, -0.15) is 4.31 Å². The van der Waals surface area contributed by atoms with Gasteiger partial charge in [0.2, 0.25) is 15.9 Å². The van der Waals surface area contributed by atoms with E-state index in [4.69, 9.17) is 4.74 Å². The molecule has 2 N–H and O–H groups in total. The fourth-order valence-electron chi connectivity index (χ4n) is 4.28. The minimum absolute atomic E-state index is 0.114. The van der Waals surface area contributed by atoms with Crippen LogP contribution in [0.15, 0.2) is 53.4 Å². The van der Waals surface area contributed by atoms with E-state index in [9.17, 15) is 22.8 Å². The van der Waals surface area contributed by atoms with Crippen molar-refractivity contribution in [3.63, 3.8) is 0 Å². The predicted octanol–water partition coefficient (Wildman–Crippen LogP) is 1.89. The topological polar surface area (TPSA) is 125 Å². The van der Waals surface area contributed by atoms with Gasteiger partial charge in [0.25, 0.3) is 5.91 Å². The van der Waals surface area contributed by atoms with E-state index in [1.54, 1.807) is 38.1 Å². The quantitative estimate of drug-likeness (QED) is 0.576. The number of carbonyl (C=O) groups is 3. The van der Waals surface area contributed by atoms with E-state index in [1.807, 2.05) is 0 Å². The molecule has 4 amide bonds. The zero-order chi connectivity index (χ0) is 24.5. The van der Waals surface area contributed by atoms with Crippen molar-refractivity contribution in [3.05, 3.63) is 54.1 Å². The molecule has 2 heterocycles. The van der Waals surface area contributed by atoms with Gasteiger partial charge in [0.15, 0.2) is 5.54 Å². The molecular formula is C23H26N4O6S. The first-order chi connectivity index (χ1) is 16.2. The van der Waals surface area contributed by atoms with E-state index in [0.717, 1.165) is 4.90 Å². The smallest absolute Gasteiger partial charge is 0.325 e. The summed E-state index contributed by atoms with van der Waals surface area (Å²) in [6, 6.07) is 12.1. The van der Waals surface area contributed by atoms with Crippen LogP contribution in [-0.4, -0.2) is 61.7 Å². The Morgan fingerprint density at radius 2 is 1.79 bits per heavy atom. The third kappa shape index (κ3) is 4.01. The first-order valence-electron chi connectivity index (χ1n) is 11.0. The summed E-state index contributed by atoms with van der Waals surface area (Å²) >= 11 is 0. The lowest BCUT2D eigenvalue weighted by Gasteiger charge is -2.33. The lowest BCUT2D eigenvalue weighted by Crippen LogP contribution is -2.48. The van der Waals surface area contributed by atoms with Crippen LogP contribution in [0.2, 0.25) is 0 Å². The van der Waals surface area contributed by atoms with Gasteiger partial charge in [-0.3, -0.25) is 14.5 Å². The Morgan fingerprint density at radius 3 is 2.47 bits per heavy atom. The molecule has 2 aromatic carbocycles. The fourth-order valence-corrected chi connectivity index (χ4v) is 5.74. The molecule has 0 radical (unpaired) electrons.